The van der Waals surface area contributed by atoms with Gasteiger partial charge in [0.05, 0.1) is 7.11 Å². The Morgan fingerprint density at radius 2 is 1.83 bits per heavy atom. The number of fused-ring (bicyclic) bond motifs is 1. The first-order valence-electron chi connectivity index (χ1n) is 10.3. The number of allylic oxidation sites excluding steroid dienone is 2. The smallest absolute Gasteiger partial charge is 0.187 e. The number of carbonyl (C=O) groups is 1. The van der Waals surface area contributed by atoms with Crippen LogP contribution in [0.25, 0.3) is 10.9 Å². The van der Waals surface area contributed by atoms with Crippen molar-refractivity contribution >= 4 is 16.7 Å². The van der Waals surface area contributed by atoms with Crippen LogP contribution in [0.2, 0.25) is 0 Å². The third-order valence-corrected chi connectivity index (χ3v) is 5.88. The van der Waals surface area contributed by atoms with Crippen molar-refractivity contribution < 1.29 is 9.53 Å². The van der Waals surface area contributed by atoms with Crippen LogP contribution in [-0.2, 0) is 13.6 Å². The Labute approximate surface area is 172 Å². The molecule has 0 atom stereocenters. The number of benzene rings is 2. The van der Waals surface area contributed by atoms with Crippen LogP contribution in [0.4, 0.5) is 0 Å². The van der Waals surface area contributed by atoms with Crippen LogP contribution in [-0.4, -0.2) is 35.4 Å². The van der Waals surface area contributed by atoms with Crippen LogP contribution in [0.15, 0.2) is 66.9 Å². The fourth-order valence-electron chi connectivity index (χ4n) is 4.14. The van der Waals surface area contributed by atoms with Gasteiger partial charge in [-0.1, -0.05) is 36.4 Å². The summed E-state index contributed by atoms with van der Waals surface area (Å²) >= 11 is 0. The van der Waals surface area contributed by atoms with Crippen molar-refractivity contribution in [1.29, 1.82) is 0 Å². The normalized spacial score (nSPS) is 15.9. The van der Waals surface area contributed by atoms with E-state index in [1.807, 2.05) is 54.2 Å². The molecule has 2 heterocycles. The summed E-state index contributed by atoms with van der Waals surface area (Å²) in [5, 5.41) is 1.03. The first-order valence-corrected chi connectivity index (χ1v) is 10.3. The Morgan fingerprint density at radius 1 is 1.10 bits per heavy atom. The Kier molecular flexibility index (Phi) is 5.81. The third-order valence-electron chi connectivity index (χ3n) is 5.88. The first-order chi connectivity index (χ1) is 14.1. The van der Waals surface area contributed by atoms with Crippen molar-refractivity contribution in [2.75, 3.05) is 20.2 Å². The molecule has 4 rings (SSSR count). The van der Waals surface area contributed by atoms with E-state index < -0.39 is 0 Å². The summed E-state index contributed by atoms with van der Waals surface area (Å²) in [7, 11) is 3.68. The number of hydrogen-bond donors (Lipinski definition) is 0. The number of nitrogens with zero attached hydrogens (tertiary/aromatic N) is 2. The van der Waals surface area contributed by atoms with Gasteiger partial charge in [-0.15, -0.1) is 0 Å². The minimum absolute atomic E-state index is 0.0995. The van der Waals surface area contributed by atoms with Gasteiger partial charge < -0.3 is 9.30 Å². The van der Waals surface area contributed by atoms with Gasteiger partial charge >= 0.3 is 0 Å². The number of methoxy groups -OCH3 is 1. The summed E-state index contributed by atoms with van der Waals surface area (Å²) in [4.78, 5) is 15.2. The highest BCUT2D eigenvalue weighted by atomic mass is 16.5. The predicted octanol–water partition coefficient (Wildman–Crippen LogP) is 4.84. The second-order valence-electron chi connectivity index (χ2n) is 7.86. The number of piperidine rings is 1. The molecule has 0 N–H and O–H groups in total. The van der Waals surface area contributed by atoms with Crippen LogP contribution >= 0.6 is 0 Å². The van der Waals surface area contributed by atoms with E-state index in [1.165, 1.54) is 5.56 Å². The number of hydrogen-bond acceptors (Lipinski definition) is 3. The lowest BCUT2D eigenvalue weighted by atomic mass is 9.95. The van der Waals surface area contributed by atoms with Gasteiger partial charge in [-0.05, 0) is 61.7 Å². The maximum Gasteiger partial charge on any atom is 0.187 e. The molecule has 4 nitrogen and oxygen atoms in total. The maximum atomic E-state index is 12.8. The fourth-order valence-corrected chi connectivity index (χ4v) is 4.14. The maximum absolute atomic E-state index is 12.8. The molecule has 0 unspecified atom stereocenters. The van der Waals surface area contributed by atoms with Crippen molar-refractivity contribution in [1.82, 2.24) is 9.47 Å². The summed E-state index contributed by atoms with van der Waals surface area (Å²) < 4.78 is 7.25. The number of ether oxygens (including phenoxy) is 1. The summed E-state index contributed by atoms with van der Waals surface area (Å²) in [6, 6.07) is 16.4. The van der Waals surface area contributed by atoms with E-state index in [9.17, 15) is 4.79 Å². The summed E-state index contributed by atoms with van der Waals surface area (Å²) in [5.41, 5.74) is 3.19. The lowest BCUT2D eigenvalue weighted by molar-refractivity contribution is 0.104. The number of likely N-dealkylation sites (tertiary alicyclic amines) is 1. The third kappa shape index (κ3) is 4.43. The standard InChI is InChI=1S/C25H28N2O2/c1-26-18-23(22-5-3-4-6-24(22)26)25(28)12-9-19-13-15-27(16-14-19)17-20-7-10-21(29-2)11-8-20/h3-12,18-19H,13-17H2,1-2H3/b12-9+. The molecule has 1 aliphatic heterocycles. The van der Waals surface area contributed by atoms with Crippen LogP contribution < -0.4 is 4.74 Å². The number of carbonyl (C=O) groups excluding carboxylic acids is 1. The summed E-state index contributed by atoms with van der Waals surface area (Å²) in [5.74, 6) is 1.47. The quantitative estimate of drug-likeness (QED) is 0.448. The van der Waals surface area contributed by atoms with E-state index in [4.69, 9.17) is 4.74 Å². The zero-order valence-electron chi connectivity index (χ0n) is 17.2. The SMILES string of the molecule is COc1ccc(CN2CCC(/C=C/C(=O)c3cn(C)c4ccccc34)CC2)cc1. The molecule has 0 spiro atoms. The zero-order chi connectivity index (χ0) is 20.2. The van der Waals surface area contributed by atoms with Crippen molar-refractivity contribution in [3.8, 4) is 5.75 Å². The Hall–Kier alpha value is -2.85. The number of aromatic nitrogens is 1. The van der Waals surface area contributed by atoms with Crippen LogP contribution in [0.5, 0.6) is 5.75 Å². The van der Waals surface area contributed by atoms with E-state index in [1.54, 1.807) is 13.2 Å². The molecule has 3 aromatic rings. The summed E-state index contributed by atoms with van der Waals surface area (Å²) in [6.45, 7) is 3.09. The first kappa shape index (κ1) is 19.5. The second-order valence-corrected chi connectivity index (χ2v) is 7.86. The Balaban J connectivity index is 1.33. The van der Waals surface area contributed by atoms with E-state index in [-0.39, 0.29) is 5.78 Å². The van der Waals surface area contributed by atoms with Gasteiger partial charge in [0.25, 0.3) is 0 Å². The lowest BCUT2D eigenvalue weighted by Gasteiger charge is -2.30. The summed E-state index contributed by atoms with van der Waals surface area (Å²) in [6.07, 6.45) is 8.03. The molecule has 150 valence electrons. The highest BCUT2D eigenvalue weighted by Gasteiger charge is 2.18. The van der Waals surface area contributed by atoms with Gasteiger partial charge in [0.15, 0.2) is 5.78 Å². The molecule has 2 aromatic carbocycles. The molecule has 0 aliphatic carbocycles. The molecule has 29 heavy (non-hydrogen) atoms. The minimum Gasteiger partial charge on any atom is -0.497 e. The number of para-hydroxylation sites is 1. The van der Waals surface area contributed by atoms with Crippen molar-refractivity contribution in [2.45, 2.75) is 19.4 Å². The largest absolute Gasteiger partial charge is 0.497 e. The minimum atomic E-state index is 0.0995. The highest BCUT2D eigenvalue weighted by molar-refractivity contribution is 6.13. The van der Waals surface area contributed by atoms with Crippen molar-refractivity contribution in [3.05, 3.63) is 78.0 Å². The topological polar surface area (TPSA) is 34.5 Å². The molecule has 1 aromatic heterocycles. The van der Waals surface area contributed by atoms with Gasteiger partial charge in [-0.2, -0.15) is 0 Å². The van der Waals surface area contributed by atoms with Gasteiger partial charge in [0.2, 0.25) is 0 Å². The van der Waals surface area contributed by atoms with Crippen molar-refractivity contribution in [3.63, 3.8) is 0 Å². The molecule has 0 bridgehead atoms. The number of aryl methyl sites for hydroxylation is 1. The monoisotopic (exact) mass is 388 g/mol. The van der Waals surface area contributed by atoms with Gasteiger partial charge in [-0.25, -0.2) is 0 Å². The van der Waals surface area contributed by atoms with Crippen LogP contribution in [0.1, 0.15) is 28.8 Å². The zero-order valence-corrected chi connectivity index (χ0v) is 17.2. The molecular formula is C25H28N2O2. The van der Waals surface area contributed by atoms with Crippen LogP contribution in [0, 0.1) is 5.92 Å². The van der Waals surface area contributed by atoms with E-state index in [0.29, 0.717) is 5.92 Å². The average molecular weight is 389 g/mol. The van der Waals surface area contributed by atoms with Gasteiger partial charge in [-0.3, -0.25) is 9.69 Å². The van der Waals surface area contributed by atoms with Gasteiger partial charge in [0, 0.05) is 36.3 Å². The second kappa shape index (κ2) is 8.66. The number of rotatable bonds is 6. The lowest BCUT2D eigenvalue weighted by Crippen LogP contribution is -2.32. The molecule has 0 radical (unpaired) electrons. The highest BCUT2D eigenvalue weighted by Crippen LogP contribution is 2.23. The van der Waals surface area contributed by atoms with Crippen molar-refractivity contribution in [2.24, 2.45) is 13.0 Å². The average Bonchev–Trinajstić information content (AvgIpc) is 3.10. The van der Waals surface area contributed by atoms with E-state index in [2.05, 4.69) is 23.1 Å². The van der Waals surface area contributed by atoms with E-state index >= 15 is 0 Å². The molecule has 4 heteroatoms. The predicted molar refractivity (Wildman–Crippen MR) is 117 cm³/mol. The fraction of sp³-hybridized carbons (Fsp3) is 0.320. The molecule has 0 saturated carbocycles. The van der Waals surface area contributed by atoms with E-state index in [0.717, 1.165) is 54.7 Å². The number of ketones is 1. The Bertz CT molecular complexity index is 1010. The molecule has 1 aliphatic rings. The molecule has 0 amide bonds. The Morgan fingerprint density at radius 3 is 2.55 bits per heavy atom. The molecule has 1 fully saturated rings. The molecule has 1 saturated heterocycles. The molecular weight excluding hydrogens is 360 g/mol. The van der Waals surface area contributed by atoms with Gasteiger partial charge in [0.1, 0.15) is 5.75 Å². The van der Waals surface area contributed by atoms with Crippen LogP contribution in [0.3, 0.4) is 0 Å².